The standard InChI is InChI=1S/C18H28N2O3S3/c1-10(21)13-8-25-17-9-24-7-14(17)20(13)4-15-18(11(2)22)19(3)12-5-23-6-16(12)26-15/h12-18H,4-9H2,1-3H3. The van der Waals surface area contributed by atoms with Crippen molar-refractivity contribution in [1.82, 2.24) is 9.80 Å². The van der Waals surface area contributed by atoms with Crippen LogP contribution in [0.3, 0.4) is 0 Å². The third-order valence-corrected chi connectivity index (χ3v) is 10.6. The monoisotopic (exact) mass is 416 g/mol. The lowest BCUT2D eigenvalue weighted by atomic mass is 10.0. The van der Waals surface area contributed by atoms with Gasteiger partial charge >= 0.3 is 0 Å². The Bertz CT molecular complexity index is 578. The van der Waals surface area contributed by atoms with Crippen LogP contribution in [-0.2, 0) is 14.3 Å². The van der Waals surface area contributed by atoms with E-state index in [9.17, 15) is 9.59 Å². The summed E-state index contributed by atoms with van der Waals surface area (Å²) in [6.07, 6.45) is 0. The Kier molecular flexibility index (Phi) is 5.99. The summed E-state index contributed by atoms with van der Waals surface area (Å²) < 4.78 is 5.71. The molecule has 0 radical (unpaired) electrons. The van der Waals surface area contributed by atoms with E-state index in [1.165, 1.54) is 5.75 Å². The number of ketones is 2. The number of rotatable bonds is 4. The highest BCUT2D eigenvalue weighted by molar-refractivity contribution is 8.04. The minimum Gasteiger partial charge on any atom is -0.379 e. The lowest BCUT2D eigenvalue weighted by molar-refractivity contribution is -0.123. The van der Waals surface area contributed by atoms with E-state index in [4.69, 9.17) is 4.74 Å². The van der Waals surface area contributed by atoms with Crippen LogP contribution in [0.5, 0.6) is 0 Å². The first-order chi connectivity index (χ1) is 12.5. The molecule has 0 saturated carbocycles. The van der Waals surface area contributed by atoms with Crippen molar-refractivity contribution in [1.29, 1.82) is 0 Å². The third-order valence-electron chi connectivity index (χ3n) is 6.23. The van der Waals surface area contributed by atoms with E-state index in [1.807, 2.05) is 35.3 Å². The second kappa shape index (κ2) is 7.95. The molecule has 0 N–H and O–H groups in total. The molecule has 4 aliphatic heterocycles. The fraction of sp³-hybridized carbons (Fsp3) is 0.889. The average molecular weight is 417 g/mol. The van der Waals surface area contributed by atoms with Crippen LogP contribution in [0.15, 0.2) is 0 Å². The van der Waals surface area contributed by atoms with Gasteiger partial charge in [-0.1, -0.05) is 0 Å². The summed E-state index contributed by atoms with van der Waals surface area (Å²) in [5.74, 6) is 3.68. The number of thioether (sulfide) groups is 3. The van der Waals surface area contributed by atoms with Crippen LogP contribution in [0.25, 0.3) is 0 Å². The number of likely N-dealkylation sites (N-methyl/N-ethyl adjacent to an activating group) is 1. The molecule has 26 heavy (non-hydrogen) atoms. The van der Waals surface area contributed by atoms with Gasteiger partial charge in [0.1, 0.15) is 11.6 Å². The van der Waals surface area contributed by atoms with Crippen LogP contribution in [0.2, 0.25) is 0 Å². The predicted octanol–water partition coefficient (Wildman–Crippen LogP) is 1.25. The van der Waals surface area contributed by atoms with Crippen molar-refractivity contribution >= 4 is 46.9 Å². The minimum atomic E-state index is -0.0855. The van der Waals surface area contributed by atoms with Crippen molar-refractivity contribution in [3.8, 4) is 0 Å². The number of hydrogen-bond acceptors (Lipinski definition) is 8. The van der Waals surface area contributed by atoms with Gasteiger partial charge in [-0.2, -0.15) is 23.5 Å². The summed E-state index contributed by atoms with van der Waals surface area (Å²) in [7, 11) is 2.08. The Labute approximate surface area is 168 Å². The molecule has 0 amide bonds. The van der Waals surface area contributed by atoms with Gasteiger partial charge in [-0.3, -0.25) is 19.4 Å². The molecule has 4 fully saturated rings. The fourth-order valence-electron chi connectivity index (χ4n) is 4.85. The molecule has 7 unspecified atom stereocenters. The Morgan fingerprint density at radius 1 is 1.04 bits per heavy atom. The molecule has 0 aromatic rings. The lowest BCUT2D eigenvalue weighted by Crippen LogP contribution is -2.63. The summed E-state index contributed by atoms with van der Waals surface area (Å²) in [6.45, 7) is 5.77. The maximum atomic E-state index is 12.5. The molecular weight excluding hydrogens is 388 g/mol. The van der Waals surface area contributed by atoms with Gasteiger partial charge in [0, 0.05) is 51.6 Å². The highest BCUT2D eigenvalue weighted by Gasteiger charge is 2.49. The maximum absolute atomic E-state index is 12.5. The van der Waals surface area contributed by atoms with Crippen molar-refractivity contribution in [2.45, 2.75) is 53.8 Å². The average Bonchev–Trinajstić information content (AvgIpc) is 3.23. The topological polar surface area (TPSA) is 49.9 Å². The Hall–Kier alpha value is 0.270. The van der Waals surface area contributed by atoms with Gasteiger partial charge in [-0.15, -0.1) is 11.8 Å². The Balaban J connectivity index is 1.57. The Morgan fingerprint density at radius 2 is 1.85 bits per heavy atom. The molecule has 0 bridgehead atoms. The Morgan fingerprint density at radius 3 is 2.58 bits per heavy atom. The first-order valence-corrected chi connectivity index (χ1v) is 12.5. The fourth-order valence-corrected chi connectivity index (χ4v) is 10.1. The summed E-state index contributed by atoms with van der Waals surface area (Å²) in [6, 6.07) is 0.706. The quantitative estimate of drug-likeness (QED) is 0.679. The number of carbonyl (C=O) groups is 2. The molecule has 5 nitrogen and oxygen atoms in total. The molecular formula is C18H28N2O3S3. The van der Waals surface area contributed by atoms with Crippen molar-refractivity contribution < 1.29 is 14.3 Å². The van der Waals surface area contributed by atoms with Crippen LogP contribution in [0, 0.1) is 0 Å². The van der Waals surface area contributed by atoms with Crippen LogP contribution in [0.4, 0.5) is 0 Å². The number of nitrogens with zero attached hydrogens (tertiary/aromatic N) is 2. The van der Waals surface area contributed by atoms with Crippen molar-refractivity contribution in [3.05, 3.63) is 0 Å². The molecule has 0 aromatic carbocycles. The van der Waals surface area contributed by atoms with Gasteiger partial charge in [0.15, 0.2) is 0 Å². The number of carbonyl (C=O) groups excluding carboxylic acids is 2. The maximum Gasteiger partial charge on any atom is 0.148 e. The van der Waals surface area contributed by atoms with Gasteiger partial charge in [0.2, 0.25) is 0 Å². The van der Waals surface area contributed by atoms with Crippen molar-refractivity contribution in [2.75, 3.05) is 44.1 Å². The van der Waals surface area contributed by atoms with E-state index in [1.54, 1.807) is 13.8 Å². The molecule has 4 aliphatic rings. The van der Waals surface area contributed by atoms with Crippen LogP contribution < -0.4 is 0 Å². The zero-order chi connectivity index (χ0) is 18.4. The van der Waals surface area contributed by atoms with Gasteiger partial charge in [0.05, 0.1) is 25.3 Å². The second-order valence-electron chi connectivity index (χ2n) is 7.84. The predicted molar refractivity (Wildman–Crippen MR) is 111 cm³/mol. The zero-order valence-electron chi connectivity index (χ0n) is 15.6. The number of hydrogen-bond donors (Lipinski definition) is 0. The van der Waals surface area contributed by atoms with Gasteiger partial charge in [-0.05, 0) is 20.9 Å². The van der Waals surface area contributed by atoms with Gasteiger partial charge in [-0.25, -0.2) is 0 Å². The van der Waals surface area contributed by atoms with E-state index in [-0.39, 0.29) is 28.9 Å². The molecule has 4 heterocycles. The summed E-state index contributed by atoms with van der Waals surface area (Å²) in [5, 5.41) is 1.27. The first kappa shape index (κ1) is 19.6. The van der Waals surface area contributed by atoms with Gasteiger partial charge in [0.25, 0.3) is 0 Å². The number of ether oxygens (including phenoxy) is 1. The summed E-state index contributed by atoms with van der Waals surface area (Å²) >= 11 is 5.91. The van der Waals surface area contributed by atoms with E-state index < -0.39 is 0 Å². The lowest BCUT2D eigenvalue weighted by Gasteiger charge is -2.48. The highest BCUT2D eigenvalue weighted by Crippen LogP contribution is 2.42. The van der Waals surface area contributed by atoms with Gasteiger partial charge < -0.3 is 4.74 Å². The van der Waals surface area contributed by atoms with E-state index in [2.05, 4.69) is 16.8 Å². The molecule has 8 heteroatoms. The molecule has 0 aromatic heterocycles. The van der Waals surface area contributed by atoms with Crippen molar-refractivity contribution in [2.24, 2.45) is 0 Å². The molecule has 146 valence electrons. The molecule has 4 rings (SSSR count). The molecule has 7 atom stereocenters. The smallest absolute Gasteiger partial charge is 0.148 e. The minimum absolute atomic E-state index is 0.00369. The van der Waals surface area contributed by atoms with Crippen LogP contribution in [0.1, 0.15) is 13.8 Å². The molecule has 4 saturated heterocycles. The normalized spacial score (nSPS) is 43.9. The SMILES string of the molecule is CC(=O)C1C(CN2C(C(C)=O)CSC3CSCC32)SC2COCC2N1C. The van der Waals surface area contributed by atoms with E-state index in [0.717, 1.165) is 31.3 Å². The summed E-state index contributed by atoms with van der Waals surface area (Å²) in [4.78, 5) is 29.6. The third kappa shape index (κ3) is 3.50. The first-order valence-electron chi connectivity index (χ1n) is 9.38. The summed E-state index contributed by atoms with van der Waals surface area (Å²) in [5.41, 5.74) is 0. The molecule has 0 aliphatic carbocycles. The highest BCUT2D eigenvalue weighted by atomic mass is 32.2. The van der Waals surface area contributed by atoms with E-state index in [0.29, 0.717) is 22.6 Å². The second-order valence-corrected chi connectivity index (χ2v) is 11.7. The van der Waals surface area contributed by atoms with E-state index >= 15 is 0 Å². The zero-order valence-corrected chi connectivity index (χ0v) is 18.1. The number of fused-ring (bicyclic) bond motifs is 2. The largest absolute Gasteiger partial charge is 0.379 e. The van der Waals surface area contributed by atoms with Crippen molar-refractivity contribution in [3.63, 3.8) is 0 Å². The van der Waals surface area contributed by atoms with Crippen LogP contribution >= 0.6 is 35.3 Å². The molecule has 0 spiro atoms. The van der Waals surface area contributed by atoms with Crippen LogP contribution in [-0.4, -0.2) is 105 Å². The number of Topliss-reactive ketones (excluding diaryl/α,β-unsaturated/α-hetero) is 2.